The molecule has 4 rings (SSSR count). The Morgan fingerprint density at radius 1 is 1.07 bits per heavy atom. The van der Waals surface area contributed by atoms with E-state index in [1.807, 2.05) is 30.3 Å². The minimum atomic E-state index is -0.115. The van der Waals surface area contributed by atoms with Crippen molar-refractivity contribution >= 4 is 11.0 Å². The van der Waals surface area contributed by atoms with Crippen molar-refractivity contribution < 1.29 is 13.9 Å². The van der Waals surface area contributed by atoms with Crippen molar-refractivity contribution in [1.29, 1.82) is 0 Å². The number of hydrogen-bond donors (Lipinski definition) is 0. The van der Waals surface area contributed by atoms with Crippen LogP contribution in [0, 0.1) is 0 Å². The maximum absolute atomic E-state index is 12.5. The molecule has 0 aliphatic carbocycles. The zero-order chi connectivity index (χ0) is 19.3. The lowest BCUT2D eigenvalue weighted by Gasteiger charge is -2.14. The minimum Gasteiger partial charge on any atom is -0.496 e. The summed E-state index contributed by atoms with van der Waals surface area (Å²) in [7, 11) is 1.55. The quantitative estimate of drug-likeness (QED) is 0.572. The fraction of sp³-hybridized carbons (Fsp3) is 0.348. The second-order valence-electron chi connectivity index (χ2n) is 7.08. The van der Waals surface area contributed by atoms with Crippen LogP contribution >= 0.6 is 0 Å². The maximum Gasteiger partial charge on any atom is 0.197 e. The van der Waals surface area contributed by atoms with Gasteiger partial charge < -0.3 is 18.8 Å². The van der Waals surface area contributed by atoms with E-state index >= 15 is 0 Å². The van der Waals surface area contributed by atoms with Crippen molar-refractivity contribution in [2.75, 3.05) is 33.4 Å². The zero-order valence-electron chi connectivity index (χ0n) is 16.1. The number of ether oxygens (including phenoxy) is 2. The molecule has 0 radical (unpaired) electrons. The molecule has 5 nitrogen and oxygen atoms in total. The fourth-order valence-corrected chi connectivity index (χ4v) is 3.69. The summed E-state index contributed by atoms with van der Waals surface area (Å²) in [5.74, 6) is 1.89. The van der Waals surface area contributed by atoms with Gasteiger partial charge in [0.15, 0.2) is 5.43 Å². The second kappa shape index (κ2) is 8.48. The molecule has 3 aromatic rings. The van der Waals surface area contributed by atoms with E-state index in [4.69, 9.17) is 13.9 Å². The summed E-state index contributed by atoms with van der Waals surface area (Å²) >= 11 is 0. The average molecular weight is 379 g/mol. The molecule has 0 atom stereocenters. The lowest BCUT2D eigenvalue weighted by atomic mass is 10.1. The van der Waals surface area contributed by atoms with Crippen molar-refractivity contribution in [3.63, 3.8) is 0 Å². The van der Waals surface area contributed by atoms with Crippen molar-refractivity contribution in [2.45, 2.75) is 19.3 Å². The first-order valence-electron chi connectivity index (χ1n) is 9.81. The van der Waals surface area contributed by atoms with E-state index in [1.165, 1.54) is 32.0 Å². The van der Waals surface area contributed by atoms with Crippen molar-refractivity contribution in [1.82, 2.24) is 4.90 Å². The Bertz CT molecular complexity index is 988. The molecule has 0 saturated carbocycles. The Morgan fingerprint density at radius 3 is 2.61 bits per heavy atom. The van der Waals surface area contributed by atoms with E-state index < -0.39 is 0 Å². The molecule has 1 saturated heterocycles. The monoisotopic (exact) mass is 379 g/mol. The highest BCUT2D eigenvalue weighted by Gasteiger charge is 2.12. The lowest BCUT2D eigenvalue weighted by molar-refractivity contribution is 0.263. The molecule has 0 bridgehead atoms. The third-order valence-electron chi connectivity index (χ3n) is 5.16. The number of hydrogen-bond acceptors (Lipinski definition) is 5. The summed E-state index contributed by atoms with van der Waals surface area (Å²) < 4.78 is 17.1. The predicted molar refractivity (Wildman–Crippen MR) is 110 cm³/mol. The summed E-state index contributed by atoms with van der Waals surface area (Å²) in [6, 6.07) is 14.5. The van der Waals surface area contributed by atoms with Gasteiger partial charge >= 0.3 is 0 Å². The van der Waals surface area contributed by atoms with Crippen LogP contribution < -0.4 is 14.9 Å². The van der Waals surface area contributed by atoms with Gasteiger partial charge in [0, 0.05) is 18.2 Å². The fourth-order valence-electron chi connectivity index (χ4n) is 3.69. The number of nitrogens with zero attached hydrogens (tertiary/aromatic N) is 1. The molecule has 28 heavy (non-hydrogen) atoms. The number of methoxy groups -OCH3 is 1. The Morgan fingerprint density at radius 2 is 1.86 bits per heavy atom. The van der Waals surface area contributed by atoms with Crippen LogP contribution in [0.25, 0.3) is 22.3 Å². The molecule has 2 aromatic carbocycles. The minimum absolute atomic E-state index is 0.115. The van der Waals surface area contributed by atoms with Gasteiger partial charge in [-0.1, -0.05) is 6.07 Å². The van der Waals surface area contributed by atoms with E-state index in [0.717, 1.165) is 24.3 Å². The molecule has 1 aliphatic rings. The number of benzene rings is 2. The zero-order valence-corrected chi connectivity index (χ0v) is 16.1. The average Bonchev–Trinajstić information content (AvgIpc) is 3.24. The highest BCUT2D eigenvalue weighted by atomic mass is 16.5. The molecule has 0 N–H and O–H groups in total. The van der Waals surface area contributed by atoms with Gasteiger partial charge in [0.2, 0.25) is 0 Å². The van der Waals surface area contributed by atoms with Gasteiger partial charge in [-0.2, -0.15) is 0 Å². The predicted octanol–water partition coefficient (Wildman–Crippen LogP) is 4.33. The van der Waals surface area contributed by atoms with Crippen LogP contribution in [0.1, 0.15) is 19.3 Å². The Kier molecular flexibility index (Phi) is 5.63. The first kappa shape index (κ1) is 18.6. The van der Waals surface area contributed by atoms with Gasteiger partial charge in [-0.3, -0.25) is 4.79 Å². The molecule has 5 heteroatoms. The number of likely N-dealkylation sites (tertiary alicyclic amines) is 1. The van der Waals surface area contributed by atoms with Gasteiger partial charge in [-0.25, -0.2) is 0 Å². The molecular formula is C23H25NO4. The van der Waals surface area contributed by atoms with E-state index in [2.05, 4.69) is 4.90 Å². The summed E-state index contributed by atoms with van der Waals surface area (Å²) in [6.07, 6.45) is 3.67. The van der Waals surface area contributed by atoms with E-state index in [-0.39, 0.29) is 5.43 Å². The van der Waals surface area contributed by atoms with E-state index in [0.29, 0.717) is 29.1 Å². The third kappa shape index (κ3) is 4.04. The highest BCUT2D eigenvalue weighted by molar-refractivity contribution is 5.84. The summed E-state index contributed by atoms with van der Waals surface area (Å²) in [5.41, 5.74) is 1.24. The Balaban J connectivity index is 1.44. The van der Waals surface area contributed by atoms with Crippen LogP contribution in [0.3, 0.4) is 0 Å². The largest absolute Gasteiger partial charge is 0.496 e. The van der Waals surface area contributed by atoms with E-state index in [9.17, 15) is 4.79 Å². The Labute approximate surface area is 164 Å². The third-order valence-corrected chi connectivity index (χ3v) is 5.16. The Hall–Kier alpha value is -2.79. The molecule has 1 fully saturated rings. The number of rotatable bonds is 7. The molecular weight excluding hydrogens is 354 g/mol. The molecule has 0 unspecified atom stereocenters. The van der Waals surface area contributed by atoms with Crippen molar-refractivity contribution in [3.05, 3.63) is 58.8 Å². The second-order valence-corrected chi connectivity index (χ2v) is 7.08. The summed E-state index contributed by atoms with van der Waals surface area (Å²) in [6.45, 7) is 4.25. The van der Waals surface area contributed by atoms with Gasteiger partial charge in [0.25, 0.3) is 0 Å². The van der Waals surface area contributed by atoms with Crippen molar-refractivity contribution in [3.8, 4) is 22.8 Å². The summed E-state index contributed by atoms with van der Waals surface area (Å²) in [5, 5.41) is 0.465. The van der Waals surface area contributed by atoms with Crippen LogP contribution in [-0.4, -0.2) is 38.3 Å². The van der Waals surface area contributed by atoms with Crippen LogP contribution in [-0.2, 0) is 0 Å². The van der Waals surface area contributed by atoms with Crippen LogP contribution in [0.5, 0.6) is 11.5 Å². The SMILES string of the molecule is COc1cccc2oc(-c3ccc(OCCCN4CCCC4)cc3)cc(=O)c12. The lowest BCUT2D eigenvalue weighted by Crippen LogP contribution is -2.21. The molecule has 1 aliphatic heterocycles. The van der Waals surface area contributed by atoms with Crippen LogP contribution in [0.2, 0.25) is 0 Å². The van der Waals surface area contributed by atoms with Gasteiger partial charge in [0.05, 0.1) is 13.7 Å². The first-order valence-corrected chi connectivity index (χ1v) is 9.81. The van der Waals surface area contributed by atoms with E-state index in [1.54, 1.807) is 19.2 Å². The first-order chi connectivity index (χ1) is 13.7. The van der Waals surface area contributed by atoms with Crippen molar-refractivity contribution in [2.24, 2.45) is 0 Å². The molecule has 0 amide bonds. The normalized spacial score (nSPS) is 14.5. The number of fused-ring (bicyclic) bond motifs is 1. The molecule has 1 aromatic heterocycles. The topological polar surface area (TPSA) is 51.9 Å². The molecule has 2 heterocycles. The summed E-state index contributed by atoms with van der Waals surface area (Å²) in [4.78, 5) is 15.0. The van der Waals surface area contributed by atoms with Crippen LogP contribution in [0.4, 0.5) is 0 Å². The standard InChI is InChI=1S/C23H25NO4/c1-26-20-6-4-7-21-23(20)19(25)16-22(28-21)17-8-10-18(11-9-17)27-15-5-14-24-12-2-3-13-24/h4,6-11,16H,2-3,5,12-15H2,1H3. The van der Waals surface area contributed by atoms with Gasteiger partial charge in [-0.05, 0) is 68.8 Å². The highest BCUT2D eigenvalue weighted by Crippen LogP contribution is 2.28. The van der Waals surface area contributed by atoms with Crippen LogP contribution in [0.15, 0.2) is 57.7 Å². The molecule has 0 spiro atoms. The smallest absolute Gasteiger partial charge is 0.197 e. The van der Waals surface area contributed by atoms with Gasteiger partial charge in [0.1, 0.15) is 28.2 Å². The maximum atomic E-state index is 12.5. The molecule has 146 valence electrons. The van der Waals surface area contributed by atoms with Gasteiger partial charge in [-0.15, -0.1) is 0 Å².